The summed E-state index contributed by atoms with van der Waals surface area (Å²) in [6.45, 7) is -0.412. The van der Waals surface area contributed by atoms with Crippen LogP contribution in [0.25, 0.3) is 0 Å². The van der Waals surface area contributed by atoms with Crippen LogP contribution in [0.3, 0.4) is 0 Å². The molecular formula is C24H15FN2O6. The van der Waals surface area contributed by atoms with Crippen molar-refractivity contribution in [3.05, 3.63) is 106 Å². The quantitative estimate of drug-likeness (QED) is 0.540. The lowest BCUT2D eigenvalue weighted by molar-refractivity contribution is -0.184. The van der Waals surface area contributed by atoms with Gasteiger partial charge in [-0.1, -0.05) is 36.4 Å². The molecule has 9 heteroatoms. The van der Waals surface area contributed by atoms with Crippen LogP contribution in [0.1, 0.15) is 53.1 Å². The Hall–Kier alpha value is -4.21. The molecular weight excluding hydrogens is 431 g/mol. The highest BCUT2D eigenvalue weighted by atomic mass is 19.1. The van der Waals surface area contributed by atoms with E-state index in [1.807, 2.05) is 0 Å². The molecule has 1 unspecified atom stereocenters. The molecule has 8 nitrogen and oxygen atoms in total. The summed E-state index contributed by atoms with van der Waals surface area (Å²) in [5, 5.41) is 1.21. The van der Waals surface area contributed by atoms with Crippen LogP contribution in [0.2, 0.25) is 0 Å². The summed E-state index contributed by atoms with van der Waals surface area (Å²) in [4.78, 5) is 61.7. The van der Waals surface area contributed by atoms with Gasteiger partial charge in [0.15, 0.2) is 0 Å². The highest BCUT2D eigenvalue weighted by Crippen LogP contribution is 2.29. The number of hydroxylamine groups is 4. The van der Waals surface area contributed by atoms with Gasteiger partial charge in [0.1, 0.15) is 18.5 Å². The topological polar surface area (TPSA) is 93.2 Å². The Balaban J connectivity index is 1.39. The second-order valence-electron chi connectivity index (χ2n) is 7.34. The van der Waals surface area contributed by atoms with Gasteiger partial charge < -0.3 is 0 Å². The van der Waals surface area contributed by atoms with Crippen LogP contribution in [0.4, 0.5) is 4.39 Å². The van der Waals surface area contributed by atoms with E-state index < -0.39 is 42.2 Å². The molecule has 0 spiro atoms. The minimum Gasteiger partial charge on any atom is -0.266 e. The Morgan fingerprint density at radius 3 is 1.52 bits per heavy atom. The zero-order valence-electron chi connectivity index (χ0n) is 16.9. The van der Waals surface area contributed by atoms with Crippen LogP contribution >= 0.6 is 0 Å². The number of nitrogens with zero attached hydrogens (tertiary/aromatic N) is 2. The molecule has 3 aromatic rings. The van der Waals surface area contributed by atoms with Gasteiger partial charge in [-0.2, -0.15) is 0 Å². The van der Waals surface area contributed by atoms with Crippen LogP contribution in [-0.2, 0) is 9.68 Å². The summed E-state index contributed by atoms with van der Waals surface area (Å²) in [6, 6.07) is 17.6. The van der Waals surface area contributed by atoms with Crippen LogP contribution in [0, 0.1) is 5.82 Å². The third-order valence-corrected chi connectivity index (χ3v) is 5.34. The minimum atomic E-state index is -1.11. The van der Waals surface area contributed by atoms with Crippen molar-refractivity contribution in [2.45, 2.75) is 6.10 Å². The Labute approximate surface area is 186 Å². The van der Waals surface area contributed by atoms with Gasteiger partial charge in [-0.25, -0.2) is 4.39 Å². The van der Waals surface area contributed by atoms with Gasteiger partial charge in [0.05, 0.1) is 22.3 Å². The maximum atomic E-state index is 13.5. The molecule has 5 rings (SSSR count). The largest absolute Gasteiger partial charge is 0.285 e. The fraction of sp³-hybridized carbons (Fsp3) is 0.0833. The summed E-state index contributed by atoms with van der Waals surface area (Å²) >= 11 is 0. The molecule has 2 aliphatic heterocycles. The monoisotopic (exact) mass is 446 g/mol. The number of carbonyl (C=O) groups excluding carboxylic acids is 4. The van der Waals surface area contributed by atoms with Gasteiger partial charge in [-0.05, 0) is 42.0 Å². The number of halogens is 1. The number of hydrogen-bond acceptors (Lipinski definition) is 6. The smallest absolute Gasteiger partial charge is 0.266 e. The van der Waals surface area contributed by atoms with E-state index in [1.165, 1.54) is 48.5 Å². The SMILES string of the molecule is O=C1c2ccccc2C(=O)N1OCC(ON1C(=O)c2ccccc2C1=O)c1ccc(F)cc1. The Bertz CT molecular complexity index is 1240. The molecule has 0 N–H and O–H groups in total. The molecule has 0 aliphatic carbocycles. The van der Waals surface area contributed by atoms with Gasteiger partial charge in [-0.15, -0.1) is 10.1 Å². The van der Waals surface area contributed by atoms with Gasteiger partial charge in [0.25, 0.3) is 23.6 Å². The number of fused-ring (bicyclic) bond motifs is 2. The molecule has 0 saturated heterocycles. The summed E-state index contributed by atoms with van der Waals surface area (Å²) in [5.74, 6) is -3.12. The van der Waals surface area contributed by atoms with Crippen molar-refractivity contribution in [1.82, 2.24) is 10.1 Å². The number of carbonyl (C=O) groups is 4. The van der Waals surface area contributed by atoms with E-state index in [2.05, 4.69) is 0 Å². The molecule has 164 valence electrons. The van der Waals surface area contributed by atoms with Gasteiger partial charge >= 0.3 is 0 Å². The molecule has 0 bridgehead atoms. The average molecular weight is 446 g/mol. The van der Waals surface area contributed by atoms with Crippen molar-refractivity contribution in [2.24, 2.45) is 0 Å². The second kappa shape index (κ2) is 8.05. The van der Waals surface area contributed by atoms with Crippen LogP contribution < -0.4 is 0 Å². The summed E-state index contributed by atoms with van der Waals surface area (Å²) in [5.41, 5.74) is 1.12. The number of rotatable bonds is 6. The molecule has 33 heavy (non-hydrogen) atoms. The number of benzene rings is 3. The number of amides is 4. The van der Waals surface area contributed by atoms with Crippen molar-refractivity contribution in [3.8, 4) is 0 Å². The minimum absolute atomic E-state index is 0.182. The first-order chi connectivity index (χ1) is 16.0. The molecule has 0 fully saturated rings. The molecule has 0 aromatic heterocycles. The van der Waals surface area contributed by atoms with Gasteiger partial charge in [0.2, 0.25) is 0 Å². The normalized spacial score (nSPS) is 15.8. The molecule has 2 aliphatic rings. The molecule has 0 radical (unpaired) electrons. The van der Waals surface area contributed by atoms with E-state index in [0.29, 0.717) is 15.7 Å². The summed E-state index contributed by atoms with van der Waals surface area (Å²) in [6.07, 6.45) is -1.11. The zero-order valence-corrected chi connectivity index (χ0v) is 16.9. The van der Waals surface area contributed by atoms with Crippen molar-refractivity contribution < 1.29 is 33.2 Å². The van der Waals surface area contributed by atoms with Crippen LogP contribution in [-0.4, -0.2) is 40.4 Å². The van der Waals surface area contributed by atoms with Crippen molar-refractivity contribution >= 4 is 23.6 Å². The molecule has 0 saturated carbocycles. The Morgan fingerprint density at radius 2 is 1.06 bits per heavy atom. The summed E-state index contributed by atoms with van der Waals surface area (Å²) < 4.78 is 13.5. The van der Waals surface area contributed by atoms with Crippen molar-refractivity contribution in [2.75, 3.05) is 6.61 Å². The fourth-order valence-electron chi connectivity index (χ4n) is 3.68. The van der Waals surface area contributed by atoms with E-state index in [-0.39, 0.29) is 22.3 Å². The second-order valence-corrected chi connectivity index (χ2v) is 7.34. The number of imide groups is 2. The van der Waals surface area contributed by atoms with Crippen LogP contribution in [0.5, 0.6) is 0 Å². The summed E-state index contributed by atoms with van der Waals surface area (Å²) in [7, 11) is 0. The molecule has 1 atom stereocenters. The Kier molecular flexibility index (Phi) is 5.04. The zero-order chi connectivity index (χ0) is 23.1. The van der Waals surface area contributed by atoms with E-state index in [4.69, 9.17) is 9.68 Å². The fourth-order valence-corrected chi connectivity index (χ4v) is 3.68. The maximum Gasteiger partial charge on any atom is 0.285 e. The van der Waals surface area contributed by atoms with Gasteiger partial charge in [-0.3, -0.25) is 28.9 Å². The lowest BCUT2D eigenvalue weighted by Gasteiger charge is -2.24. The first-order valence-electron chi connectivity index (χ1n) is 9.96. The molecule has 3 aromatic carbocycles. The first kappa shape index (κ1) is 20.7. The van der Waals surface area contributed by atoms with Gasteiger partial charge in [0, 0.05) is 0 Å². The van der Waals surface area contributed by atoms with Crippen LogP contribution in [0.15, 0.2) is 72.8 Å². The predicted octanol–water partition coefficient (Wildman–Crippen LogP) is 3.32. The van der Waals surface area contributed by atoms with Crippen molar-refractivity contribution in [3.63, 3.8) is 0 Å². The Morgan fingerprint density at radius 1 is 0.636 bits per heavy atom. The predicted molar refractivity (Wildman–Crippen MR) is 110 cm³/mol. The van der Waals surface area contributed by atoms with E-state index in [0.717, 1.165) is 0 Å². The van der Waals surface area contributed by atoms with E-state index >= 15 is 0 Å². The third-order valence-electron chi connectivity index (χ3n) is 5.34. The van der Waals surface area contributed by atoms with E-state index in [9.17, 15) is 23.6 Å². The molecule has 4 amide bonds. The van der Waals surface area contributed by atoms with Crippen molar-refractivity contribution in [1.29, 1.82) is 0 Å². The first-order valence-corrected chi connectivity index (χ1v) is 9.96. The standard InChI is InChI=1S/C24H15FN2O6/c25-15-11-9-14(10-12-15)20(33-27-23(30)18-7-3-4-8-19(18)24(27)31)13-32-26-21(28)16-5-1-2-6-17(16)22(26)29/h1-12,20H,13H2. The van der Waals surface area contributed by atoms with E-state index in [1.54, 1.807) is 24.3 Å². The highest BCUT2D eigenvalue weighted by Gasteiger charge is 2.40. The molecule has 2 heterocycles. The number of hydrogen-bond donors (Lipinski definition) is 0. The highest BCUT2D eigenvalue weighted by molar-refractivity contribution is 6.21. The lowest BCUT2D eigenvalue weighted by Crippen LogP contribution is -2.36. The lowest BCUT2D eigenvalue weighted by atomic mass is 10.1. The maximum absolute atomic E-state index is 13.5. The average Bonchev–Trinajstić information content (AvgIpc) is 3.22. The third kappa shape index (κ3) is 3.49.